The van der Waals surface area contributed by atoms with Crippen molar-refractivity contribution in [3.8, 4) is 0 Å². The van der Waals surface area contributed by atoms with Crippen LogP contribution in [0.15, 0.2) is 4.99 Å². The van der Waals surface area contributed by atoms with E-state index in [4.69, 9.17) is 0 Å². The van der Waals surface area contributed by atoms with Crippen molar-refractivity contribution in [2.24, 2.45) is 4.99 Å². The second kappa shape index (κ2) is 7.57. The molecule has 0 aliphatic carbocycles. The van der Waals surface area contributed by atoms with Gasteiger partial charge in [0, 0.05) is 16.5 Å². The maximum absolute atomic E-state index is 4.60. The Morgan fingerprint density at radius 3 is 2.65 bits per heavy atom. The van der Waals surface area contributed by atoms with Crippen LogP contribution in [0.3, 0.4) is 0 Å². The summed E-state index contributed by atoms with van der Waals surface area (Å²) < 4.78 is 0.381. The normalized spacial score (nSPS) is 20.5. The van der Waals surface area contributed by atoms with Gasteiger partial charge in [-0.05, 0) is 25.5 Å². The largest absolute Gasteiger partial charge is 0.364 e. The Labute approximate surface area is 115 Å². The molecule has 0 saturated carbocycles. The van der Waals surface area contributed by atoms with Crippen LogP contribution in [0.4, 0.5) is 0 Å². The highest BCUT2D eigenvalue weighted by molar-refractivity contribution is 8.14. The summed E-state index contributed by atoms with van der Waals surface area (Å²) in [4.78, 5) is 4.60. The van der Waals surface area contributed by atoms with Crippen LogP contribution in [0.25, 0.3) is 0 Å². The van der Waals surface area contributed by atoms with E-state index in [-0.39, 0.29) is 0 Å². The molecule has 0 spiro atoms. The summed E-state index contributed by atoms with van der Waals surface area (Å²) in [6, 6.07) is 0. The minimum Gasteiger partial charge on any atom is -0.364 e. The molecule has 0 fully saturated rings. The molecule has 1 heterocycles. The van der Waals surface area contributed by atoms with Crippen molar-refractivity contribution >= 4 is 28.7 Å². The van der Waals surface area contributed by atoms with Crippen molar-refractivity contribution in [1.29, 1.82) is 0 Å². The molecular formula is C13H26N2S2. The van der Waals surface area contributed by atoms with E-state index < -0.39 is 0 Å². The van der Waals surface area contributed by atoms with Crippen LogP contribution in [0, 0.1) is 0 Å². The molecule has 1 N–H and O–H groups in total. The molecule has 2 nitrogen and oxygen atoms in total. The molecule has 17 heavy (non-hydrogen) atoms. The van der Waals surface area contributed by atoms with Crippen molar-refractivity contribution in [3.63, 3.8) is 0 Å². The number of rotatable bonds is 7. The highest BCUT2D eigenvalue weighted by atomic mass is 32.2. The minimum absolute atomic E-state index is 0.381. The number of nitrogens with zero attached hydrogens (tertiary/aromatic N) is 1. The molecule has 1 atom stereocenters. The van der Waals surface area contributed by atoms with Crippen LogP contribution in [0.5, 0.6) is 0 Å². The van der Waals surface area contributed by atoms with Gasteiger partial charge in [-0.2, -0.15) is 11.8 Å². The zero-order valence-corrected chi connectivity index (χ0v) is 13.2. The van der Waals surface area contributed by atoms with E-state index in [1.54, 1.807) is 0 Å². The van der Waals surface area contributed by atoms with Gasteiger partial charge in [0.05, 0.1) is 6.54 Å². The van der Waals surface area contributed by atoms with Gasteiger partial charge in [-0.15, -0.1) is 0 Å². The third kappa shape index (κ3) is 4.40. The van der Waals surface area contributed by atoms with Crippen LogP contribution >= 0.6 is 23.5 Å². The summed E-state index contributed by atoms with van der Waals surface area (Å²) in [5.41, 5.74) is 0. The number of nitrogens with one attached hydrogen (secondary N) is 1. The topological polar surface area (TPSA) is 24.4 Å². The number of aliphatic imine (C=N–C) groups is 1. The van der Waals surface area contributed by atoms with Crippen LogP contribution in [0.1, 0.15) is 46.5 Å². The fourth-order valence-electron chi connectivity index (χ4n) is 2.08. The monoisotopic (exact) mass is 274 g/mol. The van der Waals surface area contributed by atoms with Gasteiger partial charge in [0.1, 0.15) is 0 Å². The fourth-order valence-corrected chi connectivity index (χ4v) is 4.00. The van der Waals surface area contributed by atoms with Gasteiger partial charge in [-0.25, -0.2) is 0 Å². The molecule has 0 aromatic rings. The second-order valence-corrected chi connectivity index (χ2v) is 7.19. The first kappa shape index (κ1) is 15.2. The van der Waals surface area contributed by atoms with Crippen LogP contribution in [0.2, 0.25) is 0 Å². The van der Waals surface area contributed by atoms with E-state index in [0.717, 1.165) is 18.3 Å². The number of amidine groups is 1. The lowest BCUT2D eigenvalue weighted by Gasteiger charge is -2.30. The zero-order valence-electron chi connectivity index (χ0n) is 11.6. The van der Waals surface area contributed by atoms with E-state index in [0.29, 0.717) is 4.75 Å². The highest BCUT2D eigenvalue weighted by Crippen LogP contribution is 2.30. The third-order valence-corrected chi connectivity index (χ3v) is 6.41. The molecular weight excluding hydrogens is 248 g/mol. The molecule has 4 heteroatoms. The first-order chi connectivity index (χ1) is 8.19. The average molecular weight is 274 g/mol. The van der Waals surface area contributed by atoms with Crippen molar-refractivity contribution < 1.29 is 0 Å². The van der Waals surface area contributed by atoms with E-state index in [2.05, 4.69) is 37.3 Å². The molecule has 0 bridgehead atoms. The zero-order chi connectivity index (χ0) is 12.7. The van der Waals surface area contributed by atoms with Crippen LogP contribution in [-0.2, 0) is 0 Å². The predicted molar refractivity (Wildman–Crippen MR) is 83.4 cm³/mol. The number of hydrogen-bond acceptors (Lipinski definition) is 4. The lowest BCUT2D eigenvalue weighted by Crippen LogP contribution is -2.38. The number of hydrogen-bond donors (Lipinski definition) is 1. The standard InChI is InChI=1S/C13H26N2S2/c1-5-8-11-9-14-12(17-11)15-10-13(6-2,7-3)16-4/h11H,5-10H2,1-4H3,(H,14,15). The molecule has 0 amide bonds. The van der Waals surface area contributed by atoms with Crippen molar-refractivity contribution in [2.45, 2.75) is 56.5 Å². The van der Waals surface area contributed by atoms with Gasteiger partial charge < -0.3 is 5.32 Å². The summed E-state index contributed by atoms with van der Waals surface area (Å²) in [5, 5.41) is 5.44. The highest BCUT2D eigenvalue weighted by Gasteiger charge is 2.26. The van der Waals surface area contributed by atoms with Crippen LogP contribution in [-0.4, -0.2) is 34.5 Å². The summed E-state index contributed by atoms with van der Waals surface area (Å²) in [5.74, 6) is 0. The molecule has 0 aromatic heterocycles. The predicted octanol–water partition coefficient (Wildman–Crippen LogP) is 3.77. The minimum atomic E-state index is 0.381. The Kier molecular flexibility index (Phi) is 6.78. The van der Waals surface area contributed by atoms with Gasteiger partial charge in [0.25, 0.3) is 0 Å². The van der Waals surface area contributed by atoms with Gasteiger partial charge in [0.2, 0.25) is 0 Å². The molecule has 100 valence electrons. The summed E-state index contributed by atoms with van der Waals surface area (Å²) in [6.45, 7) is 8.87. The Morgan fingerprint density at radius 2 is 2.12 bits per heavy atom. The van der Waals surface area contributed by atoms with Crippen molar-refractivity contribution in [1.82, 2.24) is 5.32 Å². The molecule has 0 radical (unpaired) electrons. The second-order valence-electron chi connectivity index (χ2n) is 4.62. The van der Waals surface area contributed by atoms with E-state index in [1.807, 2.05) is 23.5 Å². The van der Waals surface area contributed by atoms with E-state index in [9.17, 15) is 0 Å². The van der Waals surface area contributed by atoms with Gasteiger partial charge in [-0.3, -0.25) is 4.99 Å². The van der Waals surface area contributed by atoms with Crippen molar-refractivity contribution in [2.75, 3.05) is 19.3 Å². The molecule has 0 aromatic carbocycles. The first-order valence-electron chi connectivity index (χ1n) is 6.69. The van der Waals surface area contributed by atoms with Crippen molar-refractivity contribution in [3.05, 3.63) is 0 Å². The van der Waals surface area contributed by atoms with Gasteiger partial charge in [0.15, 0.2) is 5.17 Å². The van der Waals surface area contributed by atoms with Gasteiger partial charge >= 0.3 is 0 Å². The lowest BCUT2D eigenvalue weighted by atomic mass is 10.0. The molecule has 1 aliphatic rings. The fraction of sp³-hybridized carbons (Fsp3) is 0.923. The maximum atomic E-state index is 4.60. The Hall–Kier alpha value is 0.170. The Morgan fingerprint density at radius 1 is 1.41 bits per heavy atom. The molecule has 1 rings (SSSR count). The van der Waals surface area contributed by atoms with E-state index in [1.165, 1.54) is 30.9 Å². The SMILES string of the molecule is CCCC1CN=C(NCC(CC)(CC)SC)S1. The molecule has 0 saturated heterocycles. The smallest absolute Gasteiger partial charge is 0.156 e. The average Bonchev–Trinajstić information content (AvgIpc) is 2.80. The summed E-state index contributed by atoms with van der Waals surface area (Å²) in [7, 11) is 0. The van der Waals surface area contributed by atoms with E-state index >= 15 is 0 Å². The quantitative estimate of drug-likeness (QED) is 0.765. The lowest BCUT2D eigenvalue weighted by molar-refractivity contribution is 0.538. The first-order valence-corrected chi connectivity index (χ1v) is 8.80. The molecule has 1 unspecified atom stereocenters. The Bertz CT molecular complexity index is 242. The van der Waals surface area contributed by atoms with Crippen LogP contribution < -0.4 is 5.32 Å². The summed E-state index contributed by atoms with van der Waals surface area (Å²) >= 11 is 3.92. The van der Waals surface area contributed by atoms with Gasteiger partial charge in [-0.1, -0.05) is 39.0 Å². The third-order valence-electron chi connectivity index (χ3n) is 3.61. The Balaban J connectivity index is 2.36. The number of thioether (sulfide) groups is 2. The summed E-state index contributed by atoms with van der Waals surface area (Å²) in [6.07, 6.45) is 7.20. The molecule has 1 aliphatic heterocycles. The maximum Gasteiger partial charge on any atom is 0.156 e.